The molecule has 0 heterocycles. The number of benzene rings is 2. The number of nitrogen functional groups attached to an aromatic ring is 1. The van der Waals surface area contributed by atoms with Crippen LogP contribution < -0.4 is 10.5 Å². The van der Waals surface area contributed by atoms with Gasteiger partial charge in [-0.1, -0.05) is 46.3 Å². The molecule has 2 aromatic rings. The van der Waals surface area contributed by atoms with Crippen molar-refractivity contribution in [1.29, 1.82) is 0 Å². The first-order chi connectivity index (χ1) is 9.40. The minimum atomic E-state index is -3.65. The molecule has 4 nitrogen and oxygen atoms in total. The van der Waals surface area contributed by atoms with Crippen LogP contribution in [0.5, 0.6) is 0 Å². The molecule has 0 amide bonds. The lowest BCUT2D eigenvalue weighted by Gasteiger charge is -2.15. The van der Waals surface area contributed by atoms with Crippen molar-refractivity contribution >= 4 is 31.6 Å². The summed E-state index contributed by atoms with van der Waals surface area (Å²) in [6, 6.07) is 13.7. The van der Waals surface area contributed by atoms with Crippen molar-refractivity contribution in [3.05, 3.63) is 58.6 Å². The lowest BCUT2D eigenvalue weighted by atomic mass is 10.1. The van der Waals surface area contributed by atoms with Gasteiger partial charge in [-0.2, -0.15) is 0 Å². The molecule has 106 valence electrons. The molecule has 0 saturated carbocycles. The third-order valence-corrected chi connectivity index (χ3v) is 5.00. The Morgan fingerprint density at radius 2 is 1.80 bits per heavy atom. The van der Waals surface area contributed by atoms with Crippen LogP contribution in [0.4, 0.5) is 5.69 Å². The molecular formula is C14H15BrN2O2S. The summed E-state index contributed by atoms with van der Waals surface area (Å²) < 4.78 is 28.1. The van der Waals surface area contributed by atoms with Gasteiger partial charge in [0, 0.05) is 10.5 Å². The van der Waals surface area contributed by atoms with Crippen LogP contribution in [0, 0.1) is 0 Å². The van der Waals surface area contributed by atoms with E-state index in [0.29, 0.717) is 0 Å². The van der Waals surface area contributed by atoms with E-state index in [2.05, 4.69) is 20.7 Å². The first-order valence-corrected chi connectivity index (χ1v) is 8.30. The summed E-state index contributed by atoms with van der Waals surface area (Å²) in [7, 11) is -3.65. The maximum absolute atomic E-state index is 12.3. The molecule has 0 aliphatic heterocycles. The van der Waals surface area contributed by atoms with Gasteiger partial charge in [0.25, 0.3) is 0 Å². The molecule has 0 saturated heterocycles. The first kappa shape index (κ1) is 15.0. The molecule has 0 unspecified atom stereocenters. The number of nitrogens with two attached hydrogens (primary N) is 1. The molecule has 6 heteroatoms. The Balaban J connectivity index is 2.28. The standard InChI is InChI=1S/C14H15BrN2O2S/c1-10(11-5-3-2-4-6-11)17-20(18,19)14-8-7-12(15)9-13(14)16/h2-10,17H,16H2,1H3/t10-/m0/s1. The smallest absolute Gasteiger partial charge is 0.243 e. The van der Waals surface area contributed by atoms with Crippen molar-refractivity contribution < 1.29 is 8.42 Å². The summed E-state index contributed by atoms with van der Waals surface area (Å²) in [5.41, 5.74) is 6.88. The maximum Gasteiger partial charge on any atom is 0.243 e. The van der Waals surface area contributed by atoms with Gasteiger partial charge in [0.05, 0.1) is 5.69 Å². The van der Waals surface area contributed by atoms with Crippen molar-refractivity contribution in [1.82, 2.24) is 4.72 Å². The molecule has 2 rings (SSSR count). The van der Waals surface area contributed by atoms with E-state index in [1.807, 2.05) is 30.3 Å². The van der Waals surface area contributed by atoms with Gasteiger partial charge in [-0.3, -0.25) is 0 Å². The fourth-order valence-corrected chi connectivity index (χ4v) is 3.59. The minimum Gasteiger partial charge on any atom is -0.398 e. The monoisotopic (exact) mass is 354 g/mol. The molecule has 0 aliphatic carbocycles. The van der Waals surface area contributed by atoms with Gasteiger partial charge >= 0.3 is 0 Å². The van der Waals surface area contributed by atoms with Crippen LogP contribution in [-0.2, 0) is 10.0 Å². The van der Waals surface area contributed by atoms with E-state index in [-0.39, 0.29) is 16.6 Å². The first-order valence-electron chi connectivity index (χ1n) is 6.02. The molecule has 0 radical (unpaired) electrons. The highest BCUT2D eigenvalue weighted by Crippen LogP contribution is 2.24. The second-order valence-electron chi connectivity index (χ2n) is 4.44. The zero-order valence-electron chi connectivity index (χ0n) is 10.9. The molecule has 0 aromatic heterocycles. The Morgan fingerprint density at radius 1 is 1.15 bits per heavy atom. The van der Waals surface area contributed by atoms with Gasteiger partial charge in [-0.15, -0.1) is 0 Å². The summed E-state index contributed by atoms with van der Waals surface area (Å²) in [4.78, 5) is 0.0866. The zero-order chi connectivity index (χ0) is 14.8. The molecule has 20 heavy (non-hydrogen) atoms. The highest BCUT2D eigenvalue weighted by molar-refractivity contribution is 9.10. The Kier molecular flexibility index (Phi) is 4.47. The van der Waals surface area contributed by atoms with Crippen molar-refractivity contribution in [3.8, 4) is 0 Å². The number of halogens is 1. The Morgan fingerprint density at radius 3 is 2.40 bits per heavy atom. The number of nitrogens with one attached hydrogen (secondary N) is 1. The Hall–Kier alpha value is -1.37. The van der Waals surface area contributed by atoms with Crippen LogP contribution in [0.3, 0.4) is 0 Å². The van der Waals surface area contributed by atoms with Crippen LogP contribution in [0.1, 0.15) is 18.5 Å². The van der Waals surface area contributed by atoms with Crippen LogP contribution in [-0.4, -0.2) is 8.42 Å². The summed E-state index contributed by atoms with van der Waals surface area (Å²) >= 11 is 3.26. The fourth-order valence-electron chi connectivity index (χ4n) is 1.87. The summed E-state index contributed by atoms with van der Waals surface area (Å²) in [5.74, 6) is 0. The number of anilines is 1. The molecule has 2 aromatic carbocycles. The predicted molar refractivity (Wildman–Crippen MR) is 83.7 cm³/mol. The predicted octanol–water partition coefficient (Wildman–Crippen LogP) is 3.07. The van der Waals surface area contributed by atoms with Gasteiger partial charge in [-0.25, -0.2) is 13.1 Å². The van der Waals surface area contributed by atoms with Crippen LogP contribution in [0.2, 0.25) is 0 Å². The van der Waals surface area contributed by atoms with E-state index in [0.717, 1.165) is 10.0 Å². The lowest BCUT2D eigenvalue weighted by molar-refractivity contribution is 0.567. The van der Waals surface area contributed by atoms with Crippen molar-refractivity contribution in [2.24, 2.45) is 0 Å². The molecule has 3 N–H and O–H groups in total. The van der Waals surface area contributed by atoms with E-state index in [4.69, 9.17) is 5.73 Å². The van der Waals surface area contributed by atoms with Gasteiger partial charge in [0.15, 0.2) is 0 Å². The van der Waals surface area contributed by atoms with Crippen molar-refractivity contribution in [3.63, 3.8) is 0 Å². The molecule has 0 aliphatic rings. The van der Waals surface area contributed by atoms with Crippen LogP contribution in [0.25, 0.3) is 0 Å². The Labute approximate surface area is 127 Å². The maximum atomic E-state index is 12.3. The third-order valence-electron chi connectivity index (χ3n) is 2.89. The van der Waals surface area contributed by atoms with Gasteiger partial charge in [-0.05, 0) is 30.7 Å². The van der Waals surface area contributed by atoms with Crippen molar-refractivity contribution in [2.45, 2.75) is 17.9 Å². The second kappa shape index (κ2) is 5.95. The molecular weight excluding hydrogens is 340 g/mol. The van der Waals surface area contributed by atoms with E-state index in [1.54, 1.807) is 19.1 Å². The number of hydrogen-bond donors (Lipinski definition) is 2. The van der Waals surface area contributed by atoms with E-state index >= 15 is 0 Å². The number of sulfonamides is 1. The topological polar surface area (TPSA) is 72.2 Å². The highest BCUT2D eigenvalue weighted by atomic mass is 79.9. The average molecular weight is 355 g/mol. The fraction of sp³-hybridized carbons (Fsp3) is 0.143. The number of rotatable bonds is 4. The highest BCUT2D eigenvalue weighted by Gasteiger charge is 2.20. The van der Waals surface area contributed by atoms with E-state index < -0.39 is 10.0 Å². The van der Waals surface area contributed by atoms with Gasteiger partial charge in [0.2, 0.25) is 10.0 Å². The summed E-state index contributed by atoms with van der Waals surface area (Å²) in [5, 5.41) is 0. The van der Waals surface area contributed by atoms with Gasteiger partial charge in [0.1, 0.15) is 4.90 Å². The van der Waals surface area contributed by atoms with Gasteiger partial charge < -0.3 is 5.73 Å². The summed E-state index contributed by atoms with van der Waals surface area (Å²) in [6.45, 7) is 1.79. The minimum absolute atomic E-state index is 0.0866. The molecule has 0 fully saturated rings. The lowest BCUT2D eigenvalue weighted by Crippen LogP contribution is -2.27. The average Bonchev–Trinajstić information content (AvgIpc) is 2.38. The van der Waals surface area contributed by atoms with Crippen LogP contribution in [0.15, 0.2) is 57.9 Å². The van der Waals surface area contributed by atoms with E-state index in [1.165, 1.54) is 6.07 Å². The Bertz CT molecular complexity index is 702. The zero-order valence-corrected chi connectivity index (χ0v) is 13.3. The summed E-state index contributed by atoms with van der Waals surface area (Å²) in [6.07, 6.45) is 0. The van der Waals surface area contributed by atoms with E-state index in [9.17, 15) is 8.42 Å². The van der Waals surface area contributed by atoms with Crippen molar-refractivity contribution in [2.75, 3.05) is 5.73 Å². The molecule has 0 spiro atoms. The molecule has 0 bridgehead atoms. The normalized spacial score (nSPS) is 13.1. The van der Waals surface area contributed by atoms with Crippen LogP contribution >= 0.6 is 15.9 Å². The molecule has 1 atom stereocenters. The largest absolute Gasteiger partial charge is 0.398 e. The second-order valence-corrected chi connectivity index (χ2v) is 7.03. The SMILES string of the molecule is C[C@H](NS(=O)(=O)c1ccc(Br)cc1N)c1ccccc1. The third kappa shape index (κ3) is 3.39. The number of hydrogen-bond acceptors (Lipinski definition) is 3. The quantitative estimate of drug-likeness (QED) is 0.828.